The highest BCUT2D eigenvalue weighted by Gasteiger charge is 2.12. The highest BCUT2D eigenvalue weighted by atomic mass is 32.2. The van der Waals surface area contributed by atoms with Crippen LogP contribution in [0.2, 0.25) is 0 Å². The van der Waals surface area contributed by atoms with Crippen molar-refractivity contribution in [2.45, 2.75) is 15.8 Å². The second-order valence-corrected chi connectivity index (χ2v) is 8.60. The zero-order valence-electron chi connectivity index (χ0n) is 13.7. The molecule has 0 amide bonds. The van der Waals surface area contributed by atoms with Crippen LogP contribution in [0, 0.1) is 0 Å². The minimum Gasteiger partial charge on any atom is -0.333 e. The summed E-state index contributed by atoms with van der Waals surface area (Å²) >= 11 is 1.49. The lowest BCUT2D eigenvalue weighted by Crippen LogP contribution is -2.03. The normalized spacial score (nSPS) is 11.9. The first-order valence-electron chi connectivity index (χ1n) is 7.66. The molecule has 0 unspecified atom stereocenters. The van der Waals surface area contributed by atoms with Crippen molar-refractivity contribution in [2.24, 2.45) is 0 Å². The summed E-state index contributed by atoms with van der Waals surface area (Å²) in [6, 6.07) is 14.3. The molecule has 0 atom stereocenters. The zero-order valence-corrected chi connectivity index (χ0v) is 15.3. The van der Waals surface area contributed by atoms with Crippen LogP contribution < -0.4 is 0 Å². The molecular weight excluding hydrogens is 372 g/mol. The van der Waals surface area contributed by atoms with Crippen LogP contribution in [0.15, 0.2) is 58.6 Å². The van der Waals surface area contributed by atoms with Gasteiger partial charge in [0.1, 0.15) is 0 Å². The summed E-state index contributed by atoms with van der Waals surface area (Å²) < 4.78 is 24.7. The third-order valence-electron chi connectivity index (χ3n) is 3.75. The van der Waals surface area contributed by atoms with Gasteiger partial charge >= 0.3 is 0 Å². The first-order chi connectivity index (χ1) is 12.5. The van der Waals surface area contributed by atoms with Crippen LogP contribution in [-0.4, -0.2) is 44.8 Å². The van der Waals surface area contributed by atoms with E-state index in [4.69, 9.17) is 0 Å². The Labute approximate surface area is 153 Å². The Morgan fingerprint density at radius 3 is 2.62 bits per heavy atom. The molecule has 0 aliphatic heterocycles. The third kappa shape index (κ3) is 3.33. The van der Waals surface area contributed by atoms with Crippen molar-refractivity contribution in [1.82, 2.24) is 30.2 Å². The van der Waals surface area contributed by atoms with Gasteiger partial charge in [0.15, 0.2) is 20.8 Å². The largest absolute Gasteiger partial charge is 0.333 e. The average molecular weight is 386 g/mol. The molecule has 1 N–H and O–H groups in total. The molecule has 2 aromatic carbocycles. The van der Waals surface area contributed by atoms with E-state index in [0.29, 0.717) is 17.3 Å². The van der Waals surface area contributed by atoms with Crippen molar-refractivity contribution in [3.05, 3.63) is 54.4 Å². The van der Waals surface area contributed by atoms with E-state index in [1.165, 1.54) is 18.0 Å². The number of aromatic nitrogens is 6. The highest BCUT2D eigenvalue weighted by Crippen LogP contribution is 2.23. The number of rotatable bonds is 5. The van der Waals surface area contributed by atoms with Gasteiger partial charge in [-0.3, -0.25) is 0 Å². The van der Waals surface area contributed by atoms with E-state index < -0.39 is 9.84 Å². The number of nitrogens with zero attached hydrogens (tertiary/aromatic N) is 5. The molecule has 0 aliphatic rings. The van der Waals surface area contributed by atoms with Crippen LogP contribution in [0.25, 0.3) is 16.7 Å². The molecule has 0 bridgehead atoms. The molecule has 0 aliphatic carbocycles. The number of hydrogen-bond donors (Lipinski definition) is 1. The predicted molar refractivity (Wildman–Crippen MR) is 97.9 cm³/mol. The van der Waals surface area contributed by atoms with Crippen LogP contribution in [0.5, 0.6) is 0 Å². The summed E-state index contributed by atoms with van der Waals surface area (Å²) in [6.07, 6.45) is 1.18. The zero-order chi connectivity index (χ0) is 18.1. The molecule has 4 rings (SSSR count). The van der Waals surface area contributed by atoms with Crippen molar-refractivity contribution in [2.75, 3.05) is 6.26 Å². The van der Waals surface area contributed by atoms with Crippen molar-refractivity contribution >= 4 is 32.6 Å². The minimum absolute atomic E-state index is 0.257. The Bertz CT molecular complexity index is 1130. The fourth-order valence-electron chi connectivity index (χ4n) is 2.46. The lowest BCUT2D eigenvalue weighted by molar-refractivity contribution is 0.602. The monoisotopic (exact) mass is 386 g/mol. The Morgan fingerprint density at radius 2 is 1.88 bits per heavy atom. The number of benzene rings is 2. The molecule has 132 valence electrons. The van der Waals surface area contributed by atoms with Gasteiger partial charge in [-0.25, -0.2) is 13.4 Å². The van der Waals surface area contributed by atoms with E-state index >= 15 is 0 Å². The van der Waals surface area contributed by atoms with Gasteiger partial charge in [0.25, 0.3) is 0 Å². The Hall–Kier alpha value is -2.72. The van der Waals surface area contributed by atoms with Gasteiger partial charge in [0, 0.05) is 6.26 Å². The van der Waals surface area contributed by atoms with Crippen LogP contribution >= 0.6 is 11.8 Å². The SMILES string of the molecule is CS(=O)(=O)c1ccc(-n2nnnc2CSc2nc3ccccc3[nH]2)cc1. The number of imidazole rings is 1. The predicted octanol–water partition coefficient (Wildman–Crippen LogP) is 2.23. The molecule has 0 fully saturated rings. The first kappa shape index (κ1) is 16.7. The Kier molecular flexibility index (Phi) is 4.21. The number of nitrogens with one attached hydrogen (secondary N) is 1. The average Bonchev–Trinajstić information content (AvgIpc) is 3.25. The van der Waals surface area contributed by atoms with Crippen LogP contribution in [0.1, 0.15) is 5.82 Å². The molecule has 10 heteroatoms. The lowest BCUT2D eigenvalue weighted by atomic mass is 10.3. The topological polar surface area (TPSA) is 106 Å². The van der Waals surface area contributed by atoms with E-state index in [2.05, 4.69) is 25.5 Å². The summed E-state index contributed by atoms with van der Waals surface area (Å²) in [6.45, 7) is 0. The Balaban J connectivity index is 1.55. The van der Waals surface area contributed by atoms with Gasteiger partial charge in [0.2, 0.25) is 0 Å². The minimum atomic E-state index is -3.24. The van der Waals surface area contributed by atoms with Gasteiger partial charge in [-0.1, -0.05) is 23.9 Å². The molecule has 2 aromatic heterocycles. The van der Waals surface area contributed by atoms with Gasteiger partial charge in [0.05, 0.1) is 27.4 Å². The van der Waals surface area contributed by atoms with Crippen molar-refractivity contribution in [3.63, 3.8) is 0 Å². The molecule has 0 radical (unpaired) electrons. The number of H-pyrrole nitrogens is 1. The molecule has 8 nitrogen and oxygen atoms in total. The van der Waals surface area contributed by atoms with Crippen LogP contribution in [-0.2, 0) is 15.6 Å². The molecule has 0 saturated carbocycles. The summed E-state index contributed by atoms with van der Waals surface area (Å²) in [5.74, 6) is 1.16. The maximum absolute atomic E-state index is 11.6. The molecule has 0 saturated heterocycles. The molecular formula is C16H14N6O2S2. The Morgan fingerprint density at radius 1 is 1.12 bits per heavy atom. The fourth-order valence-corrected chi connectivity index (χ4v) is 3.88. The molecule has 26 heavy (non-hydrogen) atoms. The second kappa shape index (κ2) is 6.54. The number of aromatic amines is 1. The summed E-state index contributed by atoms with van der Waals surface area (Å²) in [4.78, 5) is 8.02. The lowest BCUT2D eigenvalue weighted by Gasteiger charge is -2.05. The maximum atomic E-state index is 11.6. The number of para-hydroxylation sites is 2. The van der Waals surface area contributed by atoms with Gasteiger partial charge in [-0.2, -0.15) is 4.68 Å². The number of sulfone groups is 1. The van der Waals surface area contributed by atoms with E-state index in [1.807, 2.05) is 24.3 Å². The van der Waals surface area contributed by atoms with Gasteiger partial charge in [-0.05, 0) is 46.8 Å². The van der Waals surface area contributed by atoms with Crippen molar-refractivity contribution in [1.29, 1.82) is 0 Å². The quantitative estimate of drug-likeness (QED) is 0.524. The summed E-state index contributed by atoms with van der Waals surface area (Å²) in [7, 11) is -3.24. The first-order valence-corrected chi connectivity index (χ1v) is 10.5. The molecule has 2 heterocycles. The fraction of sp³-hybridized carbons (Fsp3) is 0.125. The van der Waals surface area contributed by atoms with Crippen molar-refractivity contribution < 1.29 is 8.42 Å². The third-order valence-corrected chi connectivity index (χ3v) is 5.75. The second-order valence-electron chi connectivity index (χ2n) is 5.62. The van der Waals surface area contributed by atoms with Crippen LogP contribution in [0.4, 0.5) is 0 Å². The number of tetrazole rings is 1. The summed E-state index contributed by atoms with van der Waals surface area (Å²) in [5, 5.41) is 12.6. The van der Waals surface area contributed by atoms with E-state index in [-0.39, 0.29) is 4.90 Å². The smallest absolute Gasteiger partial charge is 0.175 e. The molecule has 4 aromatic rings. The van der Waals surface area contributed by atoms with Crippen molar-refractivity contribution in [3.8, 4) is 5.69 Å². The highest BCUT2D eigenvalue weighted by molar-refractivity contribution is 7.98. The summed E-state index contributed by atoms with van der Waals surface area (Å²) in [5.41, 5.74) is 2.58. The number of thioether (sulfide) groups is 1. The molecule has 0 spiro atoms. The standard InChI is InChI=1S/C16H14N6O2S2/c1-26(23,24)12-8-6-11(7-9-12)22-15(19-20-21-22)10-25-16-17-13-4-2-3-5-14(13)18-16/h2-9H,10H2,1H3,(H,17,18). The van der Waals surface area contributed by atoms with E-state index in [1.54, 1.807) is 28.9 Å². The number of fused-ring (bicyclic) bond motifs is 1. The van der Waals surface area contributed by atoms with E-state index in [0.717, 1.165) is 16.2 Å². The van der Waals surface area contributed by atoms with E-state index in [9.17, 15) is 8.42 Å². The number of hydrogen-bond acceptors (Lipinski definition) is 7. The van der Waals surface area contributed by atoms with Gasteiger partial charge < -0.3 is 4.98 Å². The van der Waals surface area contributed by atoms with Crippen LogP contribution in [0.3, 0.4) is 0 Å². The maximum Gasteiger partial charge on any atom is 0.175 e. The van der Waals surface area contributed by atoms with Gasteiger partial charge in [-0.15, -0.1) is 5.10 Å².